The molecule has 1 heterocycles. The molecule has 2 N–H and O–H groups in total. The second-order valence-electron chi connectivity index (χ2n) is 9.21. The Balaban J connectivity index is 1.61. The number of amides is 2. The predicted octanol–water partition coefficient (Wildman–Crippen LogP) is 6.11. The Morgan fingerprint density at radius 2 is 1.76 bits per heavy atom. The van der Waals surface area contributed by atoms with Crippen molar-refractivity contribution in [1.82, 2.24) is 0 Å². The Morgan fingerprint density at radius 3 is 2.46 bits per heavy atom. The molecule has 194 valence electrons. The van der Waals surface area contributed by atoms with E-state index in [1.807, 2.05) is 57.2 Å². The van der Waals surface area contributed by atoms with Gasteiger partial charge in [-0.1, -0.05) is 35.9 Å². The molecule has 0 spiro atoms. The van der Waals surface area contributed by atoms with Crippen LogP contribution in [0.2, 0.25) is 0 Å². The van der Waals surface area contributed by atoms with Crippen LogP contribution in [0.4, 0.5) is 11.4 Å². The number of nitrogens with one attached hydrogen (secondary N) is 1. The third-order valence-electron chi connectivity index (χ3n) is 6.51. The molecular formula is C28H31N2O6P. The summed E-state index contributed by atoms with van der Waals surface area (Å²) in [5, 5.41) is 2.91. The van der Waals surface area contributed by atoms with E-state index in [4.69, 9.17) is 4.52 Å². The van der Waals surface area contributed by atoms with E-state index in [-0.39, 0.29) is 11.8 Å². The van der Waals surface area contributed by atoms with Crippen molar-refractivity contribution in [3.63, 3.8) is 0 Å². The molecule has 3 aromatic rings. The van der Waals surface area contributed by atoms with Gasteiger partial charge in [0.05, 0.1) is 6.10 Å². The van der Waals surface area contributed by atoms with Crippen LogP contribution < -0.4 is 10.2 Å². The summed E-state index contributed by atoms with van der Waals surface area (Å²) >= 11 is 0. The van der Waals surface area contributed by atoms with E-state index in [0.717, 1.165) is 23.8 Å². The molecule has 2 amide bonds. The van der Waals surface area contributed by atoms with Crippen molar-refractivity contribution >= 4 is 31.0 Å². The van der Waals surface area contributed by atoms with Crippen LogP contribution in [-0.2, 0) is 13.6 Å². The maximum absolute atomic E-state index is 13.7. The third-order valence-corrected chi connectivity index (χ3v) is 7.49. The molecule has 0 aliphatic carbocycles. The molecule has 3 aromatic carbocycles. The zero-order chi connectivity index (χ0) is 26.7. The Morgan fingerprint density at radius 1 is 1.00 bits per heavy atom. The summed E-state index contributed by atoms with van der Waals surface area (Å²) in [7, 11) is -3.10. The lowest BCUT2D eigenvalue weighted by Crippen LogP contribution is -2.32. The first-order valence-electron chi connectivity index (χ1n) is 12.1. The maximum atomic E-state index is 13.7. The molecule has 0 aromatic heterocycles. The molecule has 2 unspecified atom stereocenters. The van der Waals surface area contributed by atoms with Gasteiger partial charge in [-0.05, 0) is 75.1 Å². The number of carbonyl (C=O) groups is 2. The minimum absolute atomic E-state index is 0.195. The van der Waals surface area contributed by atoms with Crippen LogP contribution in [-0.4, -0.2) is 30.4 Å². The topological polar surface area (TPSA) is 105 Å². The second-order valence-corrected chi connectivity index (χ2v) is 10.7. The van der Waals surface area contributed by atoms with Crippen molar-refractivity contribution in [2.75, 3.05) is 23.9 Å². The molecule has 8 nitrogen and oxygen atoms in total. The van der Waals surface area contributed by atoms with Crippen molar-refractivity contribution < 1.29 is 28.1 Å². The lowest BCUT2D eigenvalue weighted by molar-refractivity contribution is 0.0983. The SMILES string of the molecule is COP(=O)(O)OC1CCCN(C(=O)c2ccc(NC(=O)c3ccccc3C)cc2C)c2ccc(C)cc21. The minimum Gasteiger partial charge on any atom is -0.322 e. The molecule has 0 saturated carbocycles. The van der Waals surface area contributed by atoms with Crippen molar-refractivity contribution in [2.45, 2.75) is 39.7 Å². The van der Waals surface area contributed by atoms with E-state index in [1.54, 1.807) is 29.2 Å². The van der Waals surface area contributed by atoms with E-state index in [0.29, 0.717) is 47.5 Å². The molecule has 0 bridgehead atoms. The van der Waals surface area contributed by atoms with Gasteiger partial charge in [-0.2, -0.15) is 0 Å². The monoisotopic (exact) mass is 522 g/mol. The third kappa shape index (κ3) is 6.00. The normalized spacial score (nSPS) is 16.9. The summed E-state index contributed by atoms with van der Waals surface area (Å²) in [5.41, 5.74) is 5.53. The van der Waals surface area contributed by atoms with Gasteiger partial charge in [0.15, 0.2) is 0 Å². The van der Waals surface area contributed by atoms with E-state index in [2.05, 4.69) is 9.84 Å². The minimum atomic E-state index is -4.22. The number of phosphoric acid groups is 1. The van der Waals surface area contributed by atoms with Gasteiger partial charge in [0, 0.05) is 41.7 Å². The predicted molar refractivity (Wildman–Crippen MR) is 143 cm³/mol. The van der Waals surface area contributed by atoms with Crippen molar-refractivity contribution in [1.29, 1.82) is 0 Å². The lowest BCUT2D eigenvalue weighted by atomic mass is 10.0. The van der Waals surface area contributed by atoms with E-state index in [9.17, 15) is 19.0 Å². The summed E-state index contributed by atoms with van der Waals surface area (Å²) in [4.78, 5) is 38.1. The zero-order valence-electron chi connectivity index (χ0n) is 21.4. The van der Waals surface area contributed by atoms with Gasteiger partial charge in [-0.25, -0.2) is 4.57 Å². The molecule has 1 aliphatic rings. The number of benzene rings is 3. The Bertz CT molecular complexity index is 1390. The molecule has 0 radical (unpaired) electrons. The van der Waals surface area contributed by atoms with Gasteiger partial charge in [0.2, 0.25) is 0 Å². The Kier molecular flexibility index (Phi) is 7.95. The summed E-state index contributed by atoms with van der Waals surface area (Å²) in [6.07, 6.45) is 0.331. The summed E-state index contributed by atoms with van der Waals surface area (Å²) < 4.78 is 22.3. The number of fused-ring (bicyclic) bond motifs is 1. The van der Waals surface area contributed by atoms with Gasteiger partial charge in [0.1, 0.15) is 0 Å². The maximum Gasteiger partial charge on any atom is 0.472 e. The van der Waals surface area contributed by atoms with Crippen LogP contribution in [0.3, 0.4) is 0 Å². The van der Waals surface area contributed by atoms with Gasteiger partial charge in [-0.15, -0.1) is 0 Å². The van der Waals surface area contributed by atoms with Crippen LogP contribution in [0.15, 0.2) is 60.7 Å². The highest BCUT2D eigenvalue weighted by Gasteiger charge is 2.33. The number of rotatable bonds is 6. The average molecular weight is 523 g/mol. The first kappa shape index (κ1) is 26.8. The number of carbonyl (C=O) groups excluding carboxylic acids is 2. The molecule has 1 aliphatic heterocycles. The van der Waals surface area contributed by atoms with Gasteiger partial charge in [-0.3, -0.25) is 18.6 Å². The number of hydrogen-bond acceptors (Lipinski definition) is 5. The van der Waals surface area contributed by atoms with E-state index in [1.165, 1.54) is 0 Å². The number of anilines is 2. The van der Waals surface area contributed by atoms with Crippen LogP contribution in [0, 0.1) is 20.8 Å². The van der Waals surface area contributed by atoms with Crippen LogP contribution in [0.5, 0.6) is 0 Å². The van der Waals surface area contributed by atoms with Crippen molar-refractivity contribution in [3.8, 4) is 0 Å². The summed E-state index contributed by atoms with van der Waals surface area (Å²) in [6, 6.07) is 18.2. The molecule has 4 rings (SSSR count). The highest BCUT2D eigenvalue weighted by atomic mass is 31.2. The lowest BCUT2D eigenvalue weighted by Gasteiger charge is -2.26. The van der Waals surface area contributed by atoms with Crippen molar-refractivity contribution in [3.05, 3.63) is 94.0 Å². The Labute approximate surface area is 216 Å². The number of aryl methyl sites for hydroxylation is 3. The number of nitrogens with zero attached hydrogens (tertiary/aromatic N) is 1. The quantitative estimate of drug-likeness (QED) is 0.379. The number of phosphoric ester groups is 1. The second kappa shape index (κ2) is 11.0. The zero-order valence-corrected chi connectivity index (χ0v) is 22.2. The summed E-state index contributed by atoms with van der Waals surface area (Å²) in [5.74, 6) is -0.407. The number of hydrogen-bond donors (Lipinski definition) is 2. The largest absolute Gasteiger partial charge is 0.472 e. The van der Waals surface area contributed by atoms with Gasteiger partial charge >= 0.3 is 7.82 Å². The van der Waals surface area contributed by atoms with Crippen molar-refractivity contribution in [2.24, 2.45) is 0 Å². The smallest absolute Gasteiger partial charge is 0.322 e. The van der Waals surface area contributed by atoms with Crippen LogP contribution in [0.1, 0.15) is 61.9 Å². The first-order chi connectivity index (χ1) is 17.6. The summed E-state index contributed by atoms with van der Waals surface area (Å²) in [6.45, 7) is 6.05. The highest BCUT2D eigenvalue weighted by molar-refractivity contribution is 7.47. The molecular weight excluding hydrogens is 491 g/mol. The molecule has 37 heavy (non-hydrogen) atoms. The van der Waals surface area contributed by atoms with Crippen LogP contribution in [0.25, 0.3) is 0 Å². The Hall–Kier alpha value is -3.29. The fourth-order valence-electron chi connectivity index (χ4n) is 4.57. The molecule has 0 fully saturated rings. The fraction of sp³-hybridized carbons (Fsp3) is 0.286. The van der Waals surface area contributed by atoms with E-state index >= 15 is 0 Å². The van der Waals surface area contributed by atoms with E-state index < -0.39 is 13.9 Å². The van der Waals surface area contributed by atoms with Crippen LogP contribution >= 0.6 is 7.82 Å². The van der Waals surface area contributed by atoms with Gasteiger partial charge < -0.3 is 15.1 Å². The first-order valence-corrected chi connectivity index (χ1v) is 13.6. The fourth-order valence-corrected chi connectivity index (χ4v) is 5.19. The molecule has 2 atom stereocenters. The molecule has 0 saturated heterocycles. The average Bonchev–Trinajstić information content (AvgIpc) is 3.03. The molecule has 9 heteroatoms. The van der Waals surface area contributed by atoms with Gasteiger partial charge in [0.25, 0.3) is 11.8 Å². The highest BCUT2D eigenvalue weighted by Crippen LogP contribution is 2.50. The standard InChI is InChI=1S/C28H31N2O6P/c1-18-11-14-25-24(16-18)26(36-37(33,34)35-4)10-7-15-30(25)28(32)23-13-12-21(17-20(23)3)29-27(31)22-9-6-5-8-19(22)2/h5-6,8-9,11-14,16-17,26H,7,10,15H2,1-4H3,(H,29,31)(H,33,34).